The molecule has 0 aliphatic rings. The highest BCUT2D eigenvalue weighted by Crippen LogP contribution is 2.13. The Morgan fingerprint density at radius 2 is 2.00 bits per heavy atom. The van der Waals surface area contributed by atoms with Crippen LogP contribution in [0.15, 0.2) is 0 Å². The number of ether oxygens (including phenoxy) is 1. The molecule has 2 N–H and O–H groups in total. The van der Waals surface area contributed by atoms with Crippen molar-refractivity contribution in [2.75, 3.05) is 13.7 Å². The van der Waals surface area contributed by atoms with E-state index < -0.39 is 0 Å². The molecule has 1 atom stereocenters. The summed E-state index contributed by atoms with van der Waals surface area (Å²) in [6, 6.07) is 0. The van der Waals surface area contributed by atoms with Crippen molar-refractivity contribution in [3.8, 4) is 0 Å². The van der Waals surface area contributed by atoms with Crippen LogP contribution in [-0.4, -0.2) is 19.3 Å². The van der Waals surface area contributed by atoms with E-state index in [-0.39, 0.29) is 5.54 Å². The molecule has 2 heteroatoms. The topological polar surface area (TPSA) is 35.2 Å². The van der Waals surface area contributed by atoms with Gasteiger partial charge in [0.1, 0.15) is 0 Å². The lowest BCUT2D eigenvalue weighted by atomic mass is 9.93. The maximum Gasteiger partial charge on any atom is 0.0642 e. The highest BCUT2D eigenvalue weighted by molar-refractivity contribution is 4.81. The molecule has 0 aliphatic carbocycles. The second kappa shape index (κ2) is 4.69. The molecule has 62 valence electrons. The summed E-state index contributed by atoms with van der Waals surface area (Å²) in [5.74, 6) is 0. The van der Waals surface area contributed by atoms with Crippen LogP contribution in [0.2, 0.25) is 0 Å². The molecule has 10 heavy (non-hydrogen) atoms. The fourth-order valence-corrected chi connectivity index (χ4v) is 1.14. The molecule has 0 saturated carbocycles. The number of nitrogens with two attached hydrogens (primary N) is 1. The zero-order valence-electron chi connectivity index (χ0n) is 7.31. The summed E-state index contributed by atoms with van der Waals surface area (Å²) in [6.45, 7) is 4.93. The van der Waals surface area contributed by atoms with Crippen molar-refractivity contribution in [1.29, 1.82) is 0 Å². The molecule has 0 aromatic carbocycles. The maximum absolute atomic E-state index is 5.99. The molecule has 0 spiro atoms. The molecule has 0 aromatic heterocycles. The predicted octanol–water partition coefficient (Wildman–Crippen LogP) is 1.54. The Kier molecular flexibility index (Phi) is 4.65. The number of hydrogen-bond acceptors (Lipinski definition) is 2. The van der Waals surface area contributed by atoms with Crippen LogP contribution in [0.4, 0.5) is 0 Å². The number of methoxy groups -OCH3 is 1. The van der Waals surface area contributed by atoms with Crippen molar-refractivity contribution in [3.05, 3.63) is 0 Å². The number of hydrogen-bond donors (Lipinski definition) is 1. The third-order valence-electron chi connectivity index (χ3n) is 1.88. The zero-order valence-corrected chi connectivity index (χ0v) is 7.31. The van der Waals surface area contributed by atoms with Crippen molar-refractivity contribution in [3.63, 3.8) is 0 Å². The molecule has 0 heterocycles. The van der Waals surface area contributed by atoms with E-state index in [1.54, 1.807) is 7.11 Å². The van der Waals surface area contributed by atoms with Gasteiger partial charge in [0.2, 0.25) is 0 Å². The van der Waals surface area contributed by atoms with Crippen molar-refractivity contribution in [1.82, 2.24) is 0 Å². The van der Waals surface area contributed by atoms with Crippen molar-refractivity contribution in [2.24, 2.45) is 5.73 Å². The van der Waals surface area contributed by atoms with Crippen molar-refractivity contribution in [2.45, 2.75) is 38.6 Å². The molecule has 2 nitrogen and oxygen atoms in total. The third kappa shape index (κ3) is 3.18. The van der Waals surface area contributed by atoms with Gasteiger partial charge in [0.05, 0.1) is 6.61 Å². The average Bonchev–Trinajstić information content (AvgIpc) is 1.89. The smallest absolute Gasteiger partial charge is 0.0642 e. The van der Waals surface area contributed by atoms with E-state index in [2.05, 4.69) is 13.8 Å². The predicted molar refractivity (Wildman–Crippen MR) is 44.0 cm³/mol. The highest BCUT2D eigenvalue weighted by atomic mass is 16.5. The summed E-state index contributed by atoms with van der Waals surface area (Å²) in [6.07, 6.45) is 3.18. The minimum Gasteiger partial charge on any atom is -0.383 e. The Bertz CT molecular complexity index is 77.3. The van der Waals surface area contributed by atoms with Gasteiger partial charge in [-0.05, 0) is 12.8 Å². The van der Waals surface area contributed by atoms with E-state index in [1.807, 2.05) is 0 Å². The molecule has 0 amide bonds. The second-order valence-corrected chi connectivity index (χ2v) is 2.90. The first-order valence-corrected chi connectivity index (χ1v) is 3.96. The lowest BCUT2D eigenvalue weighted by molar-refractivity contribution is 0.123. The second-order valence-electron chi connectivity index (χ2n) is 2.90. The fourth-order valence-electron chi connectivity index (χ4n) is 1.14. The van der Waals surface area contributed by atoms with Gasteiger partial charge in [-0.2, -0.15) is 0 Å². The van der Waals surface area contributed by atoms with E-state index in [9.17, 15) is 0 Å². The van der Waals surface area contributed by atoms with Crippen LogP contribution >= 0.6 is 0 Å². The van der Waals surface area contributed by atoms with Crippen LogP contribution in [-0.2, 0) is 4.74 Å². The molecular formula is C8H19NO. The van der Waals surface area contributed by atoms with Gasteiger partial charge in [0.15, 0.2) is 0 Å². The lowest BCUT2D eigenvalue weighted by Gasteiger charge is -2.26. The Balaban J connectivity index is 3.69. The molecule has 0 bridgehead atoms. The van der Waals surface area contributed by atoms with Gasteiger partial charge in [-0.1, -0.05) is 20.3 Å². The molecule has 1 unspecified atom stereocenters. The monoisotopic (exact) mass is 145 g/mol. The van der Waals surface area contributed by atoms with Crippen molar-refractivity contribution >= 4 is 0 Å². The van der Waals surface area contributed by atoms with Crippen LogP contribution in [0.5, 0.6) is 0 Å². The van der Waals surface area contributed by atoms with Gasteiger partial charge >= 0.3 is 0 Å². The first-order valence-electron chi connectivity index (χ1n) is 3.96. The molecule has 0 fully saturated rings. The van der Waals surface area contributed by atoms with Gasteiger partial charge in [0, 0.05) is 12.6 Å². The largest absolute Gasteiger partial charge is 0.383 e. The Labute approximate surface area is 63.7 Å². The van der Waals surface area contributed by atoms with Crippen LogP contribution in [0.25, 0.3) is 0 Å². The van der Waals surface area contributed by atoms with Crippen LogP contribution in [0, 0.1) is 0 Å². The molecular weight excluding hydrogens is 126 g/mol. The first kappa shape index (κ1) is 9.92. The van der Waals surface area contributed by atoms with Crippen molar-refractivity contribution < 1.29 is 4.74 Å². The normalized spacial score (nSPS) is 16.8. The fraction of sp³-hybridized carbons (Fsp3) is 1.00. The lowest BCUT2D eigenvalue weighted by Crippen LogP contribution is -2.43. The summed E-state index contributed by atoms with van der Waals surface area (Å²) in [7, 11) is 1.70. The van der Waals surface area contributed by atoms with Crippen LogP contribution in [0.1, 0.15) is 33.1 Å². The average molecular weight is 145 g/mol. The quantitative estimate of drug-likeness (QED) is 0.637. The third-order valence-corrected chi connectivity index (χ3v) is 1.88. The SMILES string of the molecule is CCCC(N)(CC)COC. The van der Waals surface area contributed by atoms with Gasteiger partial charge < -0.3 is 10.5 Å². The van der Waals surface area contributed by atoms with Crippen LogP contribution in [0.3, 0.4) is 0 Å². The number of rotatable bonds is 5. The molecule has 0 radical (unpaired) electrons. The van der Waals surface area contributed by atoms with E-state index in [0.29, 0.717) is 6.61 Å². The molecule has 0 aliphatic heterocycles. The van der Waals surface area contributed by atoms with E-state index in [0.717, 1.165) is 19.3 Å². The van der Waals surface area contributed by atoms with Gasteiger partial charge in [-0.15, -0.1) is 0 Å². The van der Waals surface area contributed by atoms with E-state index >= 15 is 0 Å². The summed E-state index contributed by atoms with van der Waals surface area (Å²) in [5.41, 5.74) is 5.91. The molecule has 0 rings (SSSR count). The molecule has 0 aromatic rings. The zero-order chi connectivity index (χ0) is 8.04. The Morgan fingerprint density at radius 3 is 2.30 bits per heavy atom. The van der Waals surface area contributed by atoms with E-state index in [4.69, 9.17) is 10.5 Å². The van der Waals surface area contributed by atoms with Gasteiger partial charge in [-0.25, -0.2) is 0 Å². The highest BCUT2D eigenvalue weighted by Gasteiger charge is 2.20. The minimum absolute atomic E-state index is 0.0799. The van der Waals surface area contributed by atoms with Gasteiger partial charge in [-0.3, -0.25) is 0 Å². The Morgan fingerprint density at radius 1 is 1.40 bits per heavy atom. The Hall–Kier alpha value is -0.0800. The van der Waals surface area contributed by atoms with Gasteiger partial charge in [0.25, 0.3) is 0 Å². The summed E-state index contributed by atoms with van der Waals surface area (Å²) >= 11 is 0. The summed E-state index contributed by atoms with van der Waals surface area (Å²) in [4.78, 5) is 0. The summed E-state index contributed by atoms with van der Waals surface area (Å²) < 4.78 is 5.03. The first-order chi connectivity index (χ1) is 4.68. The molecule has 0 saturated heterocycles. The van der Waals surface area contributed by atoms with Crippen LogP contribution < -0.4 is 5.73 Å². The summed E-state index contributed by atoms with van der Waals surface area (Å²) in [5, 5.41) is 0. The maximum atomic E-state index is 5.99. The van der Waals surface area contributed by atoms with E-state index in [1.165, 1.54) is 0 Å². The minimum atomic E-state index is -0.0799. The standard InChI is InChI=1S/C8H19NO/c1-4-6-8(9,5-2)7-10-3/h4-7,9H2,1-3H3.